The molecular weight excluding hydrogens is 170 g/mol. The van der Waals surface area contributed by atoms with E-state index in [0.717, 1.165) is 0 Å². The first-order valence-electron chi connectivity index (χ1n) is 3.64. The minimum atomic E-state index is 0.105. The van der Waals surface area contributed by atoms with E-state index in [9.17, 15) is 5.11 Å². The summed E-state index contributed by atoms with van der Waals surface area (Å²) in [6, 6.07) is 4.76. The summed E-state index contributed by atoms with van der Waals surface area (Å²) >= 11 is 0. The number of azide groups is 1. The fourth-order valence-electron chi connectivity index (χ4n) is 0.923. The van der Waals surface area contributed by atoms with Gasteiger partial charge in [0.1, 0.15) is 11.5 Å². The predicted octanol–water partition coefficient (Wildman–Crippen LogP) is 2.21. The smallest absolute Gasteiger partial charge is 0.119 e. The number of methoxy groups -OCH3 is 1. The van der Waals surface area contributed by atoms with Crippen molar-refractivity contribution in [2.45, 2.75) is 6.54 Å². The van der Waals surface area contributed by atoms with Crippen molar-refractivity contribution in [2.75, 3.05) is 7.11 Å². The van der Waals surface area contributed by atoms with Crippen LogP contribution in [-0.4, -0.2) is 12.2 Å². The second-order valence-corrected chi connectivity index (χ2v) is 2.38. The Kier molecular flexibility index (Phi) is 3.00. The van der Waals surface area contributed by atoms with Gasteiger partial charge in [-0.05, 0) is 23.7 Å². The first-order chi connectivity index (χ1) is 6.27. The molecular formula is C8H9N3O2. The lowest BCUT2D eigenvalue weighted by atomic mass is 10.2. The number of benzene rings is 1. The molecule has 5 heteroatoms. The highest BCUT2D eigenvalue weighted by molar-refractivity contribution is 5.39. The Morgan fingerprint density at radius 3 is 3.00 bits per heavy atom. The minimum Gasteiger partial charge on any atom is -0.508 e. The van der Waals surface area contributed by atoms with E-state index >= 15 is 0 Å². The number of phenols is 1. The van der Waals surface area contributed by atoms with E-state index in [1.54, 1.807) is 12.1 Å². The highest BCUT2D eigenvalue weighted by Gasteiger charge is 2.01. The number of rotatable bonds is 3. The summed E-state index contributed by atoms with van der Waals surface area (Å²) in [7, 11) is 1.53. The molecule has 0 aliphatic heterocycles. The summed E-state index contributed by atoms with van der Waals surface area (Å²) in [6.07, 6.45) is 0. The van der Waals surface area contributed by atoms with Crippen molar-refractivity contribution in [3.8, 4) is 11.5 Å². The second kappa shape index (κ2) is 4.23. The average molecular weight is 179 g/mol. The Morgan fingerprint density at radius 2 is 2.38 bits per heavy atom. The SMILES string of the molecule is COc1ccc(O)c(CN=[N+]=[N-])c1. The normalized spacial score (nSPS) is 9.00. The minimum absolute atomic E-state index is 0.105. The van der Waals surface area contributed by atoms with E-state index in [2.05, 4.69) is 10.0 Å². The molecule has 0 spiro atoms. The van der Waals surface area contributed by atoms with Gasteiger partial charge in [-0.2, -0.15) is 0 Å². The second-order valence-electron chi connectivity index (χ2n) is 2.38. The van der Waals surface area contributed by atoms with Crippen LogP contribution in [0.2, 0.25) is 0 Å². The molecule has 0 bridgehead atoms. The summed E-state index contributed by atoms with van der Waals surface area (Å²) < 4.78 is 4.94. The maximum Gasteiger partial charge on any atom is 0.119 e. The summed E-state index contributed by atoms with van der Waals surface area (Å²) in [5, 5.41) is 12.7. The molecule has 0 atom stereocenters. The quantitative estimate of drug-likeness (QED) is 0.438. The van der Waals surface area contributed by atoms with Crippen LogP contribution in [0.15, 0.2) is 23.3 Å². The Labute approximate surface area is 75.2 Å². The average Bonchev–Trinajstić information content (AvgIpc) is 2.17. The van der Waals surface area contributed by atoms with Crippen molar-refractivity contribution in [2.24, 2.45) is 5.11 Å². The Balaban J connectivity index is 2.96. The highest BCUT2D eigenvalue weighted by Crippen LogP contribution is 2.23. The van der Waals surface area contributed by atoms with Crippen LogP contribution in [0.3, 0.4) is 0 Å². The molecule has 0 aliphatic rings. The van der Waals surface area contributed by atoms with Gasteiger partial charge in [-0.1, -0.05) is 5.11 Å². The molecule has 1 rings (SSSR count). The van der Waals surface area contributed by atoms with Gasteiger partial charge in [0.15, 0.2) is 0 Å². The summed E-state index contributed by atoms with van der Waals surface area (Å²) in [4.78, 5) is 2.60. The molecule has 1 aromatic carbocycles. The Bertz CT molecular complexity index is 345. The zero-order chi connectivity index (χ0) is 9.68. The fraction of sp³-hybridized carbons (Fsp3) is 0.250. The third-order valence-corrected chi connectivity index (χ3v) is 1.59. The molecule has 0 radical (unpaired) electrons. The molecule has 68 valence electrons. The molecule has 0 saturated heterocycles. The van der Waals surface area contributed by atoms with Crippen molar-refractivity contribution in [1.29, 1.82) is 0 Å². The van der Waals surface area contributed by atoms with Crippen molar-refractivity contribution < 1.29 is 9.84 Å². The molecule has 0 aliphatic carbocycles. The van der Waals surface area contributed by atoms with Crippen LogP contribution in [0.1, 0.15) is 5.56 Å². The van der Waals surface area contributed by atoms with Gasteiger partial charge in [0.25, 0.3) is 0 Å². The Morgan fingerprint density at radius 1 is 1.62 bits per heavy atom. The number of aromatic hydroxyl groups is 1. The van der Waals surface area contributed by atoms with E-state index in [-0.39, 0.29) is 12.3 Å². The lowest BCUT2D eigenvalue weighted by Crippen LogP contribution is -1.86. The summed E-state index contributed by atoms with van der Waals surface area (Å²) in [6.45, 7) is 0.125. The maximum absolute atomic E-state index is 9.32. The lowest BCUT2D eigenvalue weighted by molar-refractivity contribution is 0.411. The third kappa shape index (κ3) is 2.28. The van der Waals surface area contributed by atoms with Crippen LogP contribution < -0.4 is 4.74 Å². The van der Waals surface area contributed by atoms with E-state index < -0.39 is 0 Å². The Hall–Kier alpha value is -1.87. The fourth-order valence-corrected chi connectivity index (χ4v) is 0.923. The number of ether oxygens (including phenoxy) is 1. The van der Waals surface area contributed by atoms with Gasteiger partial charge in [0.2, 0.25) is 0 Å². The summed E-state index contributed by atoms with van der Waals surface area (Å²) in [5.41, 5.74) is 8.64. The zero-order valence-corrected chi connectivity index (χ0v) is 7.14. The standard InChI is InChI=1S/C8H9N3O2/c1-13-7-2-3-8(12)6(4-7)5-10-11-9/h2-4,12H,5H2,1H3. The van der Waals surface area contributed by atoms with E-state index in [1.165, 1.54) is 13.2 Å². The van der Waals surface area contributed by atoms with Gasteiger partial charge in [-0.25, -0.2) is 0 Å². The van der Waals surface area contributed by atoms with Crippen LogP contribution in [0.5, 0.6) is 11.5 Å². The van der Waals surface area contributed by atoms with Gasteiger partial charge >= 0.3 is 0 Å². The van der Waals surface area contributed by atoms with Gasteiger partial charge in [0.05, 0.1) is 13.7 Å². The van der Waals surface area contributed by atoms with Crippen molar-refractivity contribution >= 4 is 0 Å². The monoisotopic (exact) mass is 179 g/mol. The van der Waals surface area contributed by atoms with Gasteiger partial charge in [-0.3, -0.25) is 0 Å². The van der Waals surface area contributed by atoms with Crippen LogP contribution in [0, 0.1) is 0 Å². The first kappa shape index (κ1) is 9.22. The largest absolute Gasteiger partial charge is 0.508 e. The number of hydrogen-bond acceptors (Lipinski definition) is 3. The molecule has 13 heavy (non-hydrogen) atoms. The molecule has 0 unspecified atom stereocenters. The van der Waals surface area contributed by atoms with Crippen LogP contribution in [-0.2, 0) is 6.54 Å². The van der Waals surface area contributed by atoms with Gasteiger partial charge in [0, 0.05) is 10.5 Å². The first-order valence-corrected chi connectivity index (χ1v) is 3.64. The molecule has 0 aromatic heterocycles. The third-order valence-electron chi connectivity index (χ3n) is 1.59. The van der Waals surface area contributed by atoms with Gasteiger partial charge < -0.3 is 9.84 Å². The van der Waals surface area contributed by atoms with Crippen LogP contribution >= 0.6 is 0 Å². The van der Waals surface area contributed by atoms with Gasteiger partial charge in [-0.15, -0.1) is 0 Å². The number of hydrogen-bond donors (Lipinski definition) is 1. The molecule has 1 N–H and O–H groups in total. The van der Waals surface area contributed by atoms with E-state index in [4.69, 9.17) is 10.3 Å². The topological polar surface area (TPSA) is 78.2 Å². The molecule has 5 nitrogen and oxygen atoms in total. The van der Waals surface area contributed by atoms with Crippen LogP contribution in [0.4, 0.5) is 0 Å². The number of nitrogens with zero attached hydrogens (tertiary/aromatic N) is 3. The maximum atomic E-state index is 9.32. The molecule has 0 heterocycles. The lowest BCUT2D eigenvalue weighted by Gasteiger charge is -2.03. The summed E-state index contributed by atoms with van der Waals surface area (Å²) in [5.74, 6) is 0.731. The van der Waals surface area contributed by atoms with Crippen molar-refractivity contribution in [3.63, 3.8) is 0 Å². The molecule has 1 aromatic rings. The number of phenolic OH excluding ortho intramolecular Hbond substituents is 1. The highest BCUT2D eigenvalue weighted by atomic mass is 16.5. The van der Waals surface area contributed by atoms with Crippen molar-refractivity contribution in [3.05, 3.63) is 34.2 Å². The molecule has 0 fully saturated rings. The zero-order valence-electron chi connectivity index (χ0n) is 7.14. The predicted molar refractivity (Wildman–Crippen MR) is 47.5 cm³/mol. The van der Waals surface area contributed by atoms with Crippen molar-refractivity contribution in [1.82, 2.24) is 0 Å². The molecule has 0 saturated carbocycles. The molecule has 0 amide bonds. The van der Waals surface area contributed by atoms with Crippen LogP contribution in [0.25, 0.3) is 10.4 Å². The van der Waals surface area contributed by atoms with E-state index in [0.29, 0.717) is 11.3 Å². The van der Waals surface area contributed by atoms with E-state index in [1.807, 2.05) is 0 Å².